The summed E-state index contributed by atoms with van der Waals surface area (Å²) in [4.78, 5) is 61.9. The van der Waals surface area contributed by atoms with Crippen molar-refractivity contribution in [1.82, 2.24) is 20.4 Å². The second-order valence-electron chi connectivity index (χ2n) is 17.2. The zero-order chi connectivity index (χ0) is 43.2. The fraction of sp³-hybridized carbons (Fsp3) is 0.591. The second kappa shape index (κ2) is 16.7. The summed E-state index contributed by atoms with van der Waals surface area (Å²) >= 11 is 0. The van der Waals surface area contributed by atoms with Crippen LogP contribution in [0.1, 0.15) is 80.4 Å². The fourth-order valence-corrected chi connectivity index (χ4v) is 9.05. The number of pyridine rings is 1. The van der Waals surface area contributed by atoms with Crippen molar-refractivity contribution in [2.45, 2.75) is 129 Å². The van der Waals surface area contributed by atoms with Gasteiger partial charge in [-0.3, -0.25) is 14.6 Å². The molecule has 2 aromatic heterocycles. The van der Waals surface area contributed by atoms with Gasteiger partial charge in [-0.05, 0) is 79.1 Å². The predicted molar refractivity (Wildman–Crippen MR) is 213 cm³/mol. The standard InChI is InChI=1S/C44H55FN4O10/c1-11-33-44(8)36(47-41(54)58-44)25(4)34(50)23(2)21-42(6,17-16-29-20-31(48-59-29)28-19-27-14-12-13-15-30(27)46-22-28)38(26(5)37(52)43(7,45)40(53)56-33)57-39-35(51)32(49(9)10)18-24(3)55-39/h12-15,19-20,22-26,32-33,35-36,38-39,51H,11,18,21H2,1-10H3,(H,47,54)/t23-,24-,25+,26+,32+,33-,35-,36-,38-,39+,42+,43+,44-/m1/s1. The number of amides is 1. The highest BCUT2D eigenvalue weighted by molar-refractivity contribution is 6.08. The van der Waals surface area contributed by atoms with Gasteiger partial charge in [-0.15, -0.1) is 0 Å². The molecule has 0 aliphatic carbocycles. The molecule has 0 saturated carbocycles. The van der Waals surface area contributed by atoms with Gasteiger partial charge in [0.25, 0.3) is 5.67 Å². The first kappa shape index (κ1) is 43.8. The number of alkyl halides is 1. The molecule has 0 spiro atoms. The first-order valence-electron chi connectivity index (χ1n) is 20.2. The number of hydrogen-bond donors (Lipinski definition) is 2. The summed E-state index contributed by atoms with van der Waals surface area (Å²) in [6.07, 6.45) is -4.19. The molecule has 0 radical (unpaired) electrons. The fourth-order valence-electron chi connectivity index (χ4n) is 9.05. The lowest BCUT2D eigenvalue weighted by Gasteiger charge is -2.46. The molecule has 14 nitrogen and oxygen atoms in total. The Kier molecular flexibility index (Phi) is 12.4. The molecule has 318 valence electrons. The van der Waals surface area contributed by atoms with Gasteiger partial charge in [0.2, 0.25) is 5.76 Å². The van der Waals surface area contributed by atoms with Gasteiger partial charge in [-0.2, -0.15) is 0 Å². The van der Waals surface area contributed by atoms with E-state index in [1.54, 1.807) is 40.0 Å². The number of rotatable bonds is 5. The third-order valence-electron chi connectivity index (χ3n) is 12.4. The van der Waals surface area contributed by atoms with Crippen LogP contribution in [0.4, 0.5) is 9.18 Å². The van der Waals surface area contributed by atoms with Gasteiger partial charge >= 0.3 is 12.1 Å². The number of likely N-dealkylation sites (N-methyl/N-ethyl adjacent to an activating group) is 1. The molecule has 13 atom stereocenters. The molecule has 1 amide bonds. The SMILES string of the molecule is CC[C@H]1OC(=O)[C@@](C)(F)C(=O)[C@H](C)[C@@H](O[C@@H]2O[C@H](C)C[C@H](N(C)C)[C@H]2O)[C@@](C)(C#Cc2cc(-c3cnc4ccccc4c3)no2)C[C@@H](C)C(=O)[C@H](C)[C@H]2NC(=O)O[C@@]21C. The van der Waals surface area contributed by atoms with Crippen molar-refractivity contribution in [2.24, 2.45) is 23.2 Å². The van der Waals surface area contributed by atoms with E-state index in [9.17, 15) is 24.3 Å². The Bertz CT molecular complexity index is 2150. The molecule has 6 rings (SSSR count). The molecule has 2 N–H and O–H groups in total. The first-order chi connectivity index (χ1) is 27.7. The van der Waals surface area contributed by atoms with Crippen LogP contribution in [0.5, 0.6) is 0 Å². The number of cyclic esters (lactones) is 1. The van der Waals surface area contributed by atoms with Gasteiger partial charge < -0.3 is 38.8 Å². The Morgan fingerprint density at radius 2 is 1.76 bits per heavy atom. The van der Waals surface area contributed by atoms with Crippen LogP contribution in [0.3, 0.4) is 0 Å². The predicted octanol–water partition coefficient (Wildman–Crippen LogP) is 5.43. The Labute approximate surface area is 343 Å². The number of benzene rings is 1. The number of ether oxygens (including phenoxy) is 4. The van der Waals surface area contributed by atoms with Crippen molar-refractivity contribution in [2.75, 3.05) is 14.1 Å². The summed E-state index contributed by atoms with van der Waals surface area (Å²) in [7, 11) is 3.62. The van der Waals surface area contributed by atoms with Crippen LogP contribution in [-0.2, 0) is 33.3 Å². The van der Waals surface area contributed by atoms with Crippen molar-refractivity contribution in [3.8, 4) is 23.1 Å². The third-order valence-corrected chi connectivity index (χ3v) is 12.4. The molecule has 5 heterocycles. The molecule has 0 bridgehead atoms. The Morgan fingerprint density at radius 3 is 2.46 bits per heavy atom. The third kappa shape index (κ3) is 8.50. The molecule has 3 saturated heterocycles. The minimum absolute atomic E-state index is 0.0561. The van der Waals surface area contributed by atoms with E-state index >= 15 is 4.39 Å². The number of carbonyl (C=O) groups is 4. The highest BCUT2D eigenvalue weighted by atomic mass is 19.1. The number of fused-ring (bicyclic) bond motifs is 2. The number of halogens is 1. The summed E-state index contributed by atoms with van der Waals surface area (Å²) in [5, 5.41) is 19.4. The van der Waals surface area contributed by atoms with Crippen molar-refractivity contribution in [1.29, 1.82) is 0 Å². The van der Waals surface area contributed by atoms with E-state index in [0.717, 1.165) is 17.8 Å². The van der Waals surface area contributed by atoms with Crippen LogP contribution in [0.2, 0.25) is 0 Å². The van der Waals surface area contributed by atoms with Gasteiger partial charge in [0.15, 0.2) is 17.7 Å². The lowest BCUT2D eigenvalue weighted by Crippen LogP contribution is -2.60. The molecule has 3 aliphatic rings. The Hall–Kier alpha value is -4.75. The van der Waals surface area contributed by atoms with Crippen LogP contribution in [0.15, 0.2) is 47.1 Å². The van der Waals surface area contributed by atoms with E-state index < -0.39 is 89.0 Å². The van der Waals surface area contributed by atoms with E-state index in [-0.39, 0.29) is 30.5 Å². The summed E-state index contributed by atoms with van der Waals surface area (Å²) in [5.74, 6) is 0.290. The van der Waals surface area contributed by atoms with Crippen molar-refractivity contribution < 1.29 is 52.1 Å². The summed E-state index contributed by atoms with van der Waals surface area (Å²) in [6, 6.07) is 9.79. The normalized spacial score (nSPS) is 37.2. The van der Waals surface area contributed by atoms with Gasteiger partial charge in [-0.25, -0.2) is 14.0 Å². The maximum absolute atomic E-state index is 17.0. The average Bonchev–Trinajstić information content (AvgIpc) is 3.80. The van der Waals surface area contributed by atoms with E-state index in [2.05, 4.69) is 27.3 Å². The minimum Gasteiger partial charge on any atom is -0.455 e. The molecule has 3 aliphatic heterocycles. The number of Topliss-reactive ketones (excluding diaryl/α,β-unsaturated/α-hetero) is 2. The number of nitrogens with one attached hydrogen (secondary N) is 1. The number of para-hydroxylation sites is 1. The van der Waals surface area contributed by atoms with Gasteiger partial charge in [0.1, 0.15) is 23.7 Å². The maximum atomic E-state index is 17.0. The topological polar surface area (TPSA) is 180 Å². The highest BCUT2D eigenvalue weighted by Crippen LogP contribution is 2.43. The zero-order valence-electron chi connectivity index (χ0n) is 35.3. The Balaban J connectivity index is 1.48. The lowest BCUT2D eigenvalue weighted by molar-refractivity contribution is -0.282. The molecule has 0 unspecified atom stereocenters. The summed E-state index contributed by atoms with van der Waals surface area (Å²) in [5.41, 5.74) is -4.36. The number of carbonyl (C=O) groups excluding carboxylic acids is 4. The summed E-state index contributed by atoms with van der Waals surface area (Å²) < 4.78 is 46.8. The average molecular weight is 819 g/mol. The smallest absolute Gasteiger partial charge is 0.408 e. The van der Waals surface area contributed by atoms with Crippen LogP contribution >= 0.6 is 0 Å². The second-order valence-corrected chi connectivity index (χ2v) is 17.2. The number of nitrogens with zero attached hydrogens (tertiary/aromatic N) is 3. The van der Waals surface area contributed by atoms with Crippen molar-refractivity contribution >= 4 is 34.5 Å². The molecule has 3 aromatic rings. The number of aromatic nitrogens is 2. The number of ketones is 2. The minimum atomic E-state index is -3.22. The van der Waals surface area contributed by atoms with E-state index in [0.29, 0.717) is 17.7 Å². The largest absolute Gasteiger partial charge is 0.455 e. The lowest BCUT2D eigenvalue weighted by atomic mass is 9.68. The molecule has 15 heteroatoms. The maximum Gasteiger partial charge on any atom is 0.408 e. The monoisotopic (exact) mass is 818 g/mol. The van der Waals surface area contributed by atoms with Crippen LogP contribution in [-0.4, -0.2) is 112 Å². The number of alkyl carbamates (subject to hydrolysis) is 1. The van der Waals surface area contributed by atoms with E-state index in [1.165, 1.54) is 13.8 Å². The molecular formula is C44H55FN4O10. The molecule has 59 heavy (non-hydrogen) atoms. The Morgan fingerprint density at radius 1 is 1.05 bits per heavy atom. The van der Waals surface area contributed by atoms with Crippen LogP contribution < -0.4 is 5.32 Å². The number of aliphatic hydroxyl groups is 1. The van der Waals surface area contributed by atoms with Crippen LogP contribution in [0.25, 0.3) is 22.2 Å². The number of aliphatic hydroxyl groups excluding tert-OH is 1. The van der Waals surface area contributed by atoms with Gasteiger partial charge in [0, 0.05) is 47.0 Å². The first-order valence-corrected chi connectivity index (χ1v) is 20.2. The van der Waals surface area contributed by atoms with Gasteiger partial charge in [0.05, 0.1) is 29.2 Å². The van der Waals surface area contributed by atoms with Crippen molar-refractivity contribution in [3.05, 3.63) is 48.4 Å². The van der Waals surface area contributed by atoms with Crippen molar-refractivity contribution in [3.63, 3.8) is 0 Å². The zero-order valence-corrected chi connectivity index (χ0v) is 35.3. The van der Waals surface area contributed by atoms with Crippen LogP contribution in [0, 0.1) is 35.0 Å². The highest BCUT2D eigenvalue weighted by Gasteiger charge is 2.59. The molecular weight excluding hydrogens is 764 g/mol. The van der Waals surface area contributed by atoms with E-state index in [4.69, 9.17) is 23.5 Å². The quantitative estimate of drug-likeness (QED) is 0.189. The summed E-state index contributed by atoms with van der Waals surface area (Å²) in [6.45, 7) is 12.3. The number of hydrogen-bond acceptors (Lipinski definition) is 13. The van der Waals surface area contributed by atoms with Gasteiger partial charge in [-0.1, -0.05) is 57.0 Å². The molecule has 3 fully saturated rings. The number of esters is 1. The van der Waals surface area contributed by atoms with E-state index in [1.807, 2.05) is 56.3 Å². The molecule has 1 aromatic carbocycles.